The predicted molar refractivity (Wildman–Crippen MR) is 106 cm³/mol. The van der Waals surface area contributed by atoms with E-state index in [4.69, 9.17) is 0 Å². The van der Waals surface area contributed by atoms with Gasteiger partial charge in [-0.05, 0) is 44.7 Å². The average Bonchev–Trinajstić information content (AvgIpc) is 2.97. The largest absolute Gasteiger partial charge is 0.356 e. The molecule has 2 fully saturated rings. The zero-order valence-electron chi connectivity index (χ0n) is 17.1. The van der Waals surface area contributed by atoms with Gasteiger partial charge in [0.05, 0.1) is 6.67 Å². The number of nitrogens with zero attached hydrogens (tertiary/aromatic N) is 3. The van der Waals surface area contributed by atoms with Crippen LogP contribution in [0.15, 0.2) is 24.3 Å². The van der Waals surface area contributed by atoms with Gasteiger partial charge < -0.3 is 10.2 Å². The number of carbonyl (C=O) groups excluding carboxylic acids is 3. The van der Waals surface area contributed by atoms with Gasteiger partial charge in [0.25, 0.3) is 5.91 Å². The molecule has 0 bridgehead atoms. The van der Waals surface area contributed by atoms with E-state index in [1.165, 1.54) is 11.0 Å². The van der Waals surface area contributed by atoms with Crippen LogP contribution in [0.4, 0.5) is 9.18 Å². The van der Waals surface area contributed by atoms with E-state index in [0.717, 1.165) is 0 Å². The second kappa shape index (κ2) is 9.35. The van der Waals surface area contributed by atoms with Crippen molar-refractivity contribution in [2.24, 2.45) is 5.92 Å². The fraction of sp³-hybridized carbons (Fsp3) is 0.571. The summed E-state index contributed by atoms with van der Waals surface area (Å²) in [5.41, 5.74) is 0.600. The van der Waals surface area contributed by atoms with Crippen molar-refractivity contribution in [3.63, 3.8) is 0 Å². The third-order valence-electron chi connectivity index (χ3n) is 5.57. The molecule has 158 valence electrons. The summed E-state index contributed by atoms with van der Waals surface area (Å²) in [6.45, 7) is 6.00. The lowest BCUT2D eigenvalue weighted by Gasteiger charge is -2.33. The van der Waals surface area contributed by atoms with Gasteiger partial charge in [-0.3, -0.25) is 19.4 Å². The third kappa shape index (κ3) is 5.12. The fourth-order valence-corrected chi connectivity index (χ4v) is 3.93. The summed E-state index contributed by atoms with van der Waals surface area (Å²) in [7, 11) is 0. The lowest BCUT2D eigenvalue weighted by molar-refractivity contribution is -0.126. The minimum atomic E-state index is -0.249. The first kappa shape index (κ1) is 21.2. The van der Waals surface area contributed by atoms with E-state index in [1.807, 2.05) is 13.8 Å². The summed E-state index contributed by atoms with van der Waals surface area (Å²) in [5.74, 6) is -0.482. The number of piperidine rings is 1. The van der Waals surface area contributed by atoms with Gasteiger partial charge in [0.15, 0.2) is 0 Å². The molecule has 2 saturated heterocycles. The topological polar surface area (TPSA) is 73.0 Å². The van der Waals surface area contributed by atoms with E-state index in [9.17, 15) is 18.8 Å². The van der Waals surface area contributed by atoms with Crippen molar-refractivity contribution >= 4 is 17.8 Å². The van der Waals surface area contributed by atoms with Gasteiger partial charge in [-0.1, -0.05) is 18.2 Å². The van der Waals surface area contributed by atoms with E-state index >= 15 is 0 Å². The SMILES string of the molecule is CC(C)N1C(=O)CN(CN2CCC(C(=O)NCCc3ccccc3F)CC2)C1=O. The lowest BCUT2D eigenvalue weighted by Crippen LogP contribution is -2.46. The number of rotatable bonds is 7. The first-order valence-corrected chi connectivity index (χ1v) is 10.2. The van der Waals surface area contributed by atoms with Crippen molar-refractivity contribution in [2.45, 2.75) is 39.2 Å². The van der Waals surface area contributed by atoms with Gasteiger partial charge in [0, 0.05) is 31.6 Å². The molecule has 0 radical (unpaired) electrons. The monoisotopic (exact) mass is 404 g/mol. The molecule has 2 heterocycles. The maximum absolute atomic E-state index is 13.6. The first-order chi connectivity index (χ1) is 13.9. The number of imide groups is 1. The Morgan fingerprint density at radius 2 is 1.90 bits per heavy atom. The van der Waals surface area contributed by atoms with Crippen LogP contribution in [0.5, 0.6) is 0 Å². The highest BCUT2D eigenvalue weighted by atomic mass is 19.1. The second-order valence-electron chi connectivity index (χ2n) is 8.00. The van der Waals surface area contributed by atoms with Gasteiger partial charge >= 0.3 is 6.03 Å². The quantitative estimate of drug-likeness (QED) is 0.704. The summed E-state index contributed by atoms with van der Waals surface area (Å²) in [4.78, 5) is 41.8. The van der Waals surface area contributed by atoms with Crippen molar-refractivity contribution in [2.75, 3.05) is 32.8 Å². The Labute approximate surface area is 170 Å². The maximum atomic E-state index is 13.6. The predicted octanol–water partition coefficient (Wildman–Crippen LogP) is 1.83. The van der Waals surface area contributed by atoms with Gasteiger partial charge in [0.1, 0.15) is 12.4 Å². The number of carbonyl (C=O) groups is 3. The Morgan fingerprint density at radius 3 is 2.52 bits per heavy atom. The zero-order valence-corrected chi connectivity index (χ0v) is 17.1. The van der Waals surface area contributed by atoms with E-state index in [-0.39, 0.29) is 42.2 Å². The second-order valence-corrected chi connectivity index (χ2v) is 8.00. The molecule has 8 heteroatoms. The number of amides is 4. The molecular formula is C21H29FN4O3. The van der Waals surface area contributed by atoms with Crippen molar-refractivity contribution in [3.8, 4) is 0 Å². The van der Waals surface area contributed by atoms with E-state index in [1.54, 1.807) is 23.1 Å². The van der Waals surface area contributed by atoms with Crippen molar-refractivity contribution in [1.82, 2.24) is 20.0 Å². The smallest absolute Gasteiger partial charge is 0.328 e. The molecule has 2 aliphatic rings. The highest BCUT2D eigenvalue weighted by Gasteiger charge is 2.38. The number of likely N-dealkylation sites (tertiary alicyclic amines) is 1. The van der Waals surface area contributed by atoms with Crippen molar-refractivity contribution < 1.29 is 18.8 Å². The highest BCUT2D eigenvalue weighted by molar-refractivity contribution is 6.02. The van der Waals surface area contributed by atoms with Crippen molar-refractivity contribution in [3.05, 3.63) is 35.6 Å². The summed E-state index contributed by atoms with van der Waals surface area (Å²) < 4.78 is 13.6. The number of benzene rings is 1. The minimum Gasteiger partial charge on any atom is -0.356 e. The molecule has 0 atom stereocenters. The zero-order chi connectivity index (χ0) is 21.0. The molecule has 4 amide bonds. The Hall–Kier alpha value is -2.48. The lowest BCUT2D eigenvalue weighted by atomic mass is 9.96. The Kier molecular flexibility index (Phi) is 6.84. The maximum Gasteiger partial charge on any atom is 0.328 e. The molecule has 1 aromatic carbocycles. The van der Waals surface area contributed by atoms with Crippen LogP contribution in [0.3, 0.4) is 0 Å². The van der Waals surface area contributed by atoms with Gasteiger partial charge in [-0.2, -0.15) is 0 Å². The number of hydrogen-bond acceptors (Lipinski definition) is 4. The molecule has 0 aromatic heterocycles. The summed E-state index contributed by atoms with van der Waals surface area (Å²) in [6.07, 6.45) is 1.87. The molecule has 29 heavy (non-hydrogen) atoms. The molecular weight excluding hydrogens is 375 g/mol. The van der Waals surface area contributed by atoms with E-state index < -0.39 is 0 Å². The van der Waals surface area contributed by atoms with Gasteiger partial charge in [0.2, 0.25) is 5.91 Å². The first-order valence-electron chi connectivity index (χ1n) is 10.2. The third-order valence-corrected chi connectivity index (χ3v) is 5.57. The molecule has 7 nitrogen and oxygen atoms in total. The van der Waals surface area contributed by atoms with Gasteiger partial charge in [-0.25, -0.2) is 9.18 Å². The Bertz CT molecular complexity index is 762. The number of nitrogens with one attached hydrogen (secondary N) is 1. The molecule has 0 saturated carbocycles. The molecule has 0 spiro atoms. The highest BCUT2D eigenvalue weighted by Crippen LogP contribution is 2.20. The van der Waals surface area contributed by atoms with Crippen LogP contribution in [0.1, 0.15) is 32.3 Å². The van der Waals surface area contributed by atoms with Crippen LogP contribution in [0, 0.1) is 11.7 Å². The number of urea groups is 1. The van der Waals surface area contributed by atoms with Crippen molar-refractivity contribution in [1.29, 1.82) is 0 Å². The van der Waals surface area contributed by atoms with Crippen LogP contribution in [0.2, 0.25) is 0 Å². The standard InChI is InChI=1S/C21H29FN4O3/c1-15(2)26-19(27)13-25(21(26)29)14-24-11-8-17(9-12-24)20(28)23-10-7-16-5-3-4-6-18(16)22/h3-6,15,17H,7-14H2,1-2H3,(H,23,28). The average molecular weight is 404 g/mol. The summed E-state index contributed by atoms with van der Waals surface area (Å²) in [6, 6.07) is 6.21. The molecule has 0 aliphatic carbocycles. The number of halogens is 1. The van der Waals surface area contributed by atoms with Crippen LogP contribution >= 0.6 is 0 Å². The summed E-state index contributed by atoms with van der Waals surface area (Å²) >= 11 is 0. The van der Waals surface area contributed by atoms with Crippen LogP contribution in [-0.2, 0) is 16.0 Å². The molecule has 1 aromatic rings. The Balaban J connectivity index is 1.40. The minimum absolute atomic E-state index is 0.000557. The van der Waals surface area contributed by atoms with E-state index in [2.05, 4.69) is 10.2 Å². The molecule has 1 N–H and O–H groups in total. The van der Waals surface area contributed by atoms with E-state index in [0.29, 0.717) is 51.1 Å². The fourth-order valence-electron chi connectivity index (χ4n) is 3.93. The number of hydrogen-bond donors (Lipinski definition) is 1. The Morgan fingerprint density at radius 1 is 1.21 bits per heavy atom. The molecule has 3 rings (SSSR count). The van der Waals surface area contributed by atoms with Crippen LogP contribution in [0.25, 0.3) is 0 Å². The summed E-state index contributed by atoms with van der Waals surface area (Å²) in [5, 5.41) is 2.91. The van der Waals surface area contributed by atoms with Gasteiger partial charge in [-0.15, -0.1) is 0 Å². The normalized spacial score (nSPS) is 18.8. The molecule has 0 unspecified atom stereocenters. The molecule has 2 aliphatic heterocycles. The van der Waals surface area contributed by atoms with Crippen LogP contribution in [-0.4, -0.2) is 71.4 Å². The van der Waals surface area contributed by atoms with Crippen LogP contribution < -0.4 is 5.32 Å².